The number of phenolic OH excluding ortho intramolecular Hbond substituents is 1. The number of hydrogen-bond acceptors (Lipinski definition) is 2. The van der Waals surface area contributed by atoms with E-state index in [-0.39, 0.29) is 0 Å². The number of fused-ring (bicyclic) bond motifs is 1. The van der Waals surface area contributed by atoms with Crippen molar-refractivity contribution in [2.24, 2.45) is 0 Å². The van der Waals surface area contributed by atoms with E-state index < -0.39 is 0 Å². The molecule has 0 aliphatic heterocycles. The molecule has 2 rings (SSSR count). The molecule has 2 atom stereocenters. The predicted molar refractivity (Wildman–Crippen MR) is 76.2 cm³/mol. The number of nitrogens with one attached hydrogen (secondary N) is 1. The average molecular weight is 247 g/mol. The smallest absolute Gasteiger partial charge is 0.119 e. The molecule has 0 spiro atoms. The molecule has 1 aromatic rings. The van der Waals surface area contributed by atoms with Gasteiger partial charge in [0.25, 0.3) is 0 Å². The molecule has 1 aliphatic rings. The zero-order chi connectivity index (χ0) is 13.0. The summed E-state index contributed by atoms with van der Waals surface area (Å²) in [5, 5.41) is 13.8. The Labute approximate surface area is 110 Å². The lowest BCUT2D eigenvalue weighted by atomic mass is 9.76. The zero-order valence-electron chi connectivity index (χ0n) is 11.6. The first-order chi connectivity index (χ1) is 8.77. The summed E-state index contributed by atoms with van der Waals surface area (Å²) in [7, 11) is 0. The van der Waals surface area contributed by atoms with E-state index in [9.17, 15) is 5.11 Å². The number of benzene rings is 1. The maximum atomic E-state index is 10.2. The third-order valence-electron chi connectivity index (χ3n) is 4.01. The second kappa shape index (κ2) is 6.24. The Kier molecular flexibility index (Phi) is 4.65. The number of aryl methyl sites for hydroxylation is 1. The normalized spacial score (nSPS) is 22.8. The molecule has 2 heteroatoms. The van der Waals surface area contributed by atoms with Gasteiger partial charge in [-0.25, -0.2) is 0 Å². The number of rotatable bonds is 5. The number of hydrogen-bond donors (Lipinski definition) is 2. The third kappa shape index (κ3) is 2.69. The summed E-state index contributed by atoms with van der Waals surface area (Å²) in [5.74, 6) is 0.973. The fourth-order valence-electron chi connectivity index (χ4n) is 3.19. The van der Waals surface area contributed by atoms with Crippen LogP contribution in [0, 0.1) is 0 Å². The van der Waals surface area contributed by atoms with Gasteiger partial charge in [0, 0.05) is 17.5 Å². The van der Waals surface area contributed by atoms with Crippen LogP contribution in [0.15, 0.2) is 18.2 Å². The minimum Gasteiger partial charge on any atom is -0.508 e. The van der Waals surface area contributed by atoms with E-state index >= 15 is 0 Å². The van der Waals surface area contributed by atoms with Gasteiger partial charge in [0.05, 0.1) is 0 Å². The van der Waals surface area contributed by atoms with Crippen molar-refractivity contribution in [1.29, 1.82) is 0 Å². The van der Waals surface area contributed by atoms with Crippen molar-refractivity contribution in [3.8, 4) is 5.75 Å². The lowest BCUT2D eigenvalue weighted by Gasteiger charge is -2.34. The summed E-state index contributed by atoms with van der Waals surface area (Å²) in [5.41, 5.74) is 2.56. The zero-order valence-corrected chi connectivity index (χ0v) is 11.6. The highest BCUT2D eigenvalue weighted by Crippen LogP contribution is 2.40. The van der Waals surface area contributed by atoms with Crippen LogP contribution >= 0.6 is 0 Å². The van der Waals surface area contributed by atoms with Gasteiger partial charge in [0.2, 0.25) is 0 Å². The quantitative estimate of drug-likeness (QED) is 0.833. The Bertz CT molecular complexity index is 389. The van der Waals surface area contributed by atoms with E-state index in [1.807, 2.05) is 12.1 Å². The Morgan fingerprint density at radius 1 is 1.28 bits per heavy atom. The van der Waals surface area contributed by atoms with Crippen LogP contribution in [0.1, 0.15) is 56.6 Å². The molecule has 1 aromatic carbocycles. The number of phenols is 1. The molecule has 2 N–H and O–H groups in total. The lowest BCUT2D eigenvalue weighted by Crippen LogP contribution is -2.38. The Morgan fingerprint density at radius 2 is 2.11 bits per heavy atom. The minimum atomic E-state index is 0.478. The van der Waals surface area contributed by atoms with Gasteiger partial charge in [-0.1, -0.05) is 32.4 Å². The van der Waals surface area contributed by atoms with Gasteiger partial charge in [0.15, 0.2) is 0 Å². The van der Waals surface area contributed by atoms with E-state index in [2.05, 4.69) is 25.2 Å². The molecular formula is C16H25NO. The van der Waals surface area contributed by atoms with Crippen LogP contribution in [0.3, 0.4) is 0 Å². The van der Waals surface area contributed by atoms with Gasteiger partial charge in [-0.3, -0.25) is 0 Å². The highest BCUT2D eigenvalue weighted by Gasteiger charge is 2.30. The van der Waals surface area contributed by atoms with Crippen molar-refractivity contribution < 1.29 is 5.11 Å². The second-order valence-electron chi connectivity index (χ2n) is 5.34. The van der Waals surface area contributed by atoms with E-state index in [4.69, 9.17) is 0 Å². The molecule has 100 valence electrons. The summed E-state index contributed by atoms with van der Waals surface area (Å²) in [6.07, 6.45) is 5.78. The van der Waals surface area contributed by atoms with Crippen molar-refractivity contribution in [2.45, 2.75) is 57.9 Å². The van der Waals surface area contributed by atoms with Crippen LogP contribution in [0.25, 0.3) is 0 Å². The predicted octanol–water partition coefficient (Wildman–Crippen LogP) is 3.59. The van der Waals surface area contributed by atoms with E-state index in [0.717, 1.165) is 19.4 Å². The summed E-state index contributed by atoms with van der Waals surface area (Å²) >= 11 is 0. The van der Waals surface area contributed by atoms with Gasteiger partial charge in [0.1, 0.15) is 5.75 Å². The van der Waals surface area contributed by atoms with Gasteiger partial charge in [-0.2, -0.15) is 0 Å². The third-order valence-corrected chi connectivity index (χ3v) is 4.01. The molecule has 0 saturated heterocycles. The van der Waals surface area contributed by atoms with Crippen LogP contribution in [0.5, 0.6) is 5.75 Å². The Morgan fingerprint density at radius 3 is 2.83 bits per heavy atom. The first-order valence-electron chi connectivity index (χ1n) is 7.32. The van der Waals surface area contributed by atoms with Gasteiger partial charge < -0.3 is 10.4 Å². The SMILES string of the molecule is CCCN[C@H]1CCc2cccc(O)c2[C@H]1CCC. The highest BCUT2D eigenvalue weighted by atomic mass is 16.3. The van der Waals surface area contributed by atoms with Crippen LogP contribution in [-0.4, -0.2) is 17.7 Å². The van der Waals surface area contributed by atoms with E-state index in [1.54, 1.807) is 0 Å². The summed E-state index contributed by atoms with van der Waals surface area (Å²) in [4.78, 5) is 0. The van der Waals surface area contributed by atoms with Crippen molar-refractivity contribution >= 4 is 0 Å². The van der Waals surface area contributed by atoms with Crippen LogP contribution in [0.2, 0.25) is 0 Å². The first kappa shape index (κ1) is 13.4. The van der Waals surface area contributed by atoms with Crippen molar-refractivity contribution in [2.75, 3.05) is 6.54 Å². The molecule has 0 fully saturated rings. The molecule has 2 nitrogen and oxygen atoms in total. The molecular weight excluding hydrogens is 222 g/mol. The fourth-order valence-corrected chi connectivity index (χ4v) is 3.19. The summed E-state index contributed by atoms with van der Waals surface area (Å²) < 4.78 is 0. The average Bonchev–Trinajstić information content (AvgIpc) is 2.38. The first-order valence-corrected chi connectivity index (χ1v) is 7.32. The van der Waals surface area contributed by atoms with Crippen LogP contribution in [0.4, 0.5) is 0 Å². The molecule has 0 radical (unpaired) electrons. The lowest BCUT2D eigenvalue weighted by molar-refractivity contribution is 0.355. The van der Waals surface area contributed by atoms with E-state index in [1.165, 1.54) is 30.4 Å². The summed E-state index contributed by atoms with van der Waals surface area (Å²) in [6, 6.07) is 6.51. The molecule has 0 saturated carbocycles. The number of aromatic hydroxyl groups is 1. The van der Waals surface area contributed by atoms with Gasteiger partial charge >= 0.3 is 0 Å². The topological polar surface area (TPSA) is 32.3 Å². The van der Waals surface area contributed by atoms with Gasteiger partial charge in [-0.15, -0.1) is 0 Å². The van der Waals surface area contributed by atoms with Gasteiger partial charge in [-0.05, 0) is 43.9 Å². The molecule has 1 aliphatic carbocycles. The van der Waals surface area contributed by atoms with Crippen molar-refractivity contribution in [3.63, 3.8) is 0 Å². The van der Waals surface area contributed by atoms with Crippen LogP contribution < -0.4 is 5.32 Å². The second-order valence-corrected chi connectivity index (χ2v) is 5.34. The van der Waals surface area contributed by atoms with Crippen molar-refractivity contribution in [1.82, 2.24) is 5.32 Å². The standard InChI is InChI=1S/C16H25NO/c1-3-6-13-14(17-11-4-2)10-9-12-7-5-8-15(18)16(12)13/h5,7-8,13-14,17-18H,3-4,6,9-11H2,1-2H3/t13-,14-/m0/s1. The van der Waals surface area contributed by atoms with Crippen LogP contribution in [-0.2, 0) is 6.42 Å². The summed E-state index contributed by atoms with van der Waals surface area (Å²) in [6.45, 7) is 5.51. The maximum absolute atomic E-state index is 10.2. The monoisotopic (exact) mass is 247 g/mol. The van der Waals surface area contributed by atoms with Crippen molar-refractivity contribution in [3.05, 3.63) is 29.3 Å². The fraction of sp³-hybridized carbons (Fsp3) is 0.625. The molecule has 0 amide bonds. The largest absolute Gasteiger partial charge is 0.508 e. The molecule has 18 heavy (non-hydrogen) atoms. The highest BCUT2D eigenvalue weighted by molar-refractivity contribution is 5.44. The maximum Gasteiger partial charge on any atom is 0.119 e. The molecule has 0 heterocycles. The molecule has 0 bridgehead atoms. The molecule has 0 unspecified atom stereocenters. The Balaban J connectivity index is 2.26. The minimum absolute atomic E-state index is 0.478. The molecule has 0 aromatic heterocycles. The van der Waals surface area contributed by atoms with E-state index in [0.29, 0.717) is 17.7 Å². The Hall–Kier alpha value is -1.02.